The average Bonchev–Trinajstić information content (AvgIpc) is 3.23. The molecule has 0 aliphatic carbocycles. The van der Waals surface area contributed by atoms with Gasteiger partial charge in [0.15, 0.2) is 6.10 Å². The number of benzene rings is 2. The molecule has 2 aromatic carbocycles. The molecule has 33 heavy (non-hydrogen) atoms. The van der Waals surface area contributed by atoms with Gasteiger partial charge in [0.1, 0.15) is 17.1 Å². The van der Waals surface area contributed by atoms with E-state index in [1.54, 1.807) is 49.8 Å². The van der Waals surface area contributed by atoms with Gasteiger partial charge in [-0.05, 0) is 51.1 Å². The third kappa shape index (κ3) is 3.93. The first-order valence-electron chi connectivity index (χ1n) is 10.2. The lowest BCUT2D eigenvalue weighted by molar-refractivity contribution is -0.123. The van der Waals surface area contributed by atoms with E-state index >= 15 is 0 Å². The van der Waals surface area contributed by atoms with Gasteiger partial charge in [-0.25, -0.2) is 13.9 Å². The van der Waals surface area contributed by atoms with Crippen molar-refractivity contribution in [2.75, 3.05) is 5.32 Å². The van der Waals surface area contributed by atoms with Crippen LogP contribution in [0.4, 0.5) is 10.1 Å². The van der Waals surface area contributed by atoms with E-state index in [0.717, 1.165) is 0 Å². The van der Waals surface area contributed by atoms with Crippen LogP contribution >= 0.6 is 0 Å². The Morgan fingerprint density at radius 3 is 2.52 bits per heavy atom. The van der Waals surface area contributed by atoms with Crippen molar-refractivity contribution in [2.24, 2.45) is 7.05 Å². The van der Waals surface area contributed by atoms with Gasteiger partial charge in [0.25, 0.3) is 11.5 Å². The number of anilines is 1. The summed E-state index contributed by atoms with van der Waals surface area (Å²) in [5, 5.41) is 3.01. The number of furan rings is 1. The summed E-state index contributed by atoms with van der Waals surface area (Å²) in [6, 6.07) is 12.9. The van der Waals surface area contributed by atoms with Crippen molar-refractivity contribution in [2.45, 2.75) is 26.9 Å². The van der Waals surface area contributed by atoms with Gasteiger partial charge in [-0.1, -0.05) is 18.2 Å². The Labute approximate surface area is 188 Å². The molecule has 1 amide bonds. The fraction of sp³-hybridized carbons (Fsp3) is 0.208. The zero-order valence-corrected chi connectivity index (χ0v) is 18.5. The number of amides is 1. The van der Waals surface area contributed by atoms with Gasteiger partial charge in [-0.2, -0.15) is 0 Å². The Kier molecular flexibility index (Phi) is 5.63. The number of carbonyl (C=O) groups excluding carboxylic acids is 2. The second-order valence-corrected chi connectivity index (χ2v) is 7.67. The number of rotatable bonds is 5. The van der Waals surface area contributed by atoms with E-state index in [1.165, 1.54) is 29.8 Å². The molecule has 0 spiro atoms. The van der Waals surface area contributed by atoms with Crippen LogP contribution in [0.25, 0.3) is 16.7 Å². The molecule has 9 heteroatoms. The van der Waals surface area contributed by atoms with Crippen LogP contribution in [0.1, 0.15) is 28.7 Å². The lowest BCUT2D eigenvalue weighted by atomic mass is 10.1. The Morgan fingerprint density at radius 1 is 1.12 bits per heavy atom. The smallest absolute Gasteiger partial charge is 0.375 e. The summed E-state index contributed by atoms with van der Waals surface area (Å²) < 4.78 is 27.3. The van der Waals surface area contributed by atoms with Gasteiger partial charge in [0.2, 0.25) is 5.76 Å². The van der Waals surface area contributed by atoms with Crippen LogP contribution in [0.15, 0.2) is 57.7 Å². The molecule has 4 aromatic rings. The first kappa shape index (κ1) is 22.1. The molecular weight excluding hydrogens is 429 g/mol. The Bertz CT molecular complexity index is 1430. The number of carbonyl (C=O) groups is 2. The summed E-state index contributed by atoms with van der Waals surface area (Å²) in [6.45, 7) is 4.69. The van der Waals surface area contributed by atoms with Crippen LogP contribution in [0, 0.1) is 19.7 Å². The molecule has 2 aromatic heterocycles. The number of halogens is 1. The molecule has 0 aliphatic rings. The number of aromatic nitrogens is 2. The minimum absolute atomic E-state index is 0.0876. The standard InChI is InChI=1S/C24H22FN3O5/c1-13-18-12-16(25)10-11-19(18)33-21(13)24(31)32-15(3)22(29)26-20-14(2)27(4)28(23(20)30)17-8-6-5-7-9-17/h5-12,15H,1-4H3,(H,26,29). The third-order valence-electron chi connectivity index (χ3n) is 5.54. The van der Waals surface area contributed by atoms with Gasteiger partial charge in [-0.15, -0.1) is 0 Å². The molecular formula is C24H22FN3O5. The molecule has 1 atom stereocenters. The minimum atomic E-state index is -1.22. The second kappa shape index (κ2) is 8.42. The number of fused-ring (bicyclic) bond motifs is 1. The normalized spacial score (nSPS) is 12.0. The Morgan fingerprint density at radius 2 is 1.82 bits per heavy atom. The molecule has 1 unspecified atom stereocenters. The summed E-state index contributed by atoms with van der Waals surface area (Å²) in [5.41, 5.74) is 1.59. The van der Waals surface area contributed by atoms with Crippen LogP contribution in [0.5, 0.6) is 0 Å². The van der Waals surface area contributed by atoms with E-state index in [4.69, 9.17) is 9.15 Å². The summed E-state index contributed by atoms with van der Waals surface area (Å²) in [6.07, 6.45) is -1.22. The van der Waals surface area contributed by atoms with Crippen molar-refractivity contribution in [1.82, 2.24) is 9.36 Å². The molecule has 8 nitrogen and oxygen atoms in total. The summed E-state index contributed by atoms with van der Waals surface area (Å²) >= 11 is 0. The topological polar surface area (TPSA) is 95.5 Å². The van der Waals surface area contributed by atoms with E-state index in [9.17, 15) is 18.8 Å². The van der Waals surface area contributed by atoms with E-state index in [0.29, 0.717) is 27.9 Å². The van der Waals surface area contributed by atoms with Gasteiger partial charge in [0, 0.05) is 18.0 Å². The van der Waals surface area contributed by atoms with Crippen LogP contribution in [0.3, 0.4) is 0 Å². The molecule has 0 saturated carbocycles. The van der Waals surface area contributed by atoms with E-state index in [1.807, 2.05) is 6.07 Å². The maximum absolute atomic E-state index is 13.5. The van der Waals surface area contributed by atoms with Crippen molar-refractivity contribution in [3.05, 3.63) is 81.7 Å². The maximum Gasteiger partial charge on any atom is 0.375 e. The van der Waals surface area contributed by atoms with Crippen molar-refractivity contribution >= 4 is 28.5 Å². The number of nitrogens with zero attached hydrogens (tertiary/aromatic N) is 2. The Hall–Kier alpha value is -4.14. The molecule has 0 aliphatic heterocycles. The third-order valence-corrected chi connectivity index (χ3v) is 5.54. The van der Waals surface area contributed by atoms with Crippen LogP contribution in [0.2, 0.25) is 0 Å². The number of ether oxygens (including phenoxy) is 1. The molecule has 0 fully saturated rings. The number of esters is 1. The largest absolute Gasteiger partial charge is 0.449 e. The SMILES string of the molecule is Cc1c(C(=O)OC(C)C(=O)Nc2c(C)n(C)n(-c3ccccc3)c2=O)oc2ccc(F)cc12. The molecule has 170 valence electrons. The van der Waals surface area contributed by atoms with Crippen LogP contribution in [-0.4, -0.2) is 27.3 Å². The summed E-state index contributed by atoms with van der Waals surface area (Å²) in [5.74, 6) is -2.11. The van der Waals surface area contributed by atoms with E-state index in [2.05, 4.69) is 5.32 Å². The fourth-order valence-electron chi connectivity index (χ4n) is 3.59. The predicted molar refractivity (Wildman–Crippen MR) is 120 cm³/mol. The maximum atomic E-state index is 13.5. The Balaban J connectivity index is 1.54. The number of aryl methyl sites for hydroxylation is 1. The quantitative estimate of drug-likeness (QED) is 0.465. The number of nitrogens with one attached hydrogen (secondary N) is 1. The first-order chi connectivity index (χ1) is 15.7. The molecule has 1 N–H and O–H groups in total. The van der Waals surface area contributed by atoms with E-state index in [-0.39, 0.29) is 11.4 Å². The summed E-state index contributed by atoms with van der Waals surface area (Å²) in [4.78, 5) is 38.3. The highest BCUT2D eigenvalue weighted by molar-refractivity contribution is 5.99. The second-order valence-electron chi connectivity index (χ2n) is 7.67. The summed E-state index contributed by atoms with van der Waals surface area (Å²) in [7, 11) is 1.70. The minimum Gasteiger partial charge on any atom is -0.449 e. The first-order valence-corrected chi connectivity index (χ1v) is 10.2. The average molecular weight is 451 g/mol. The van der Waals surface area contributed by atoms with Crippen molar-refractivity contribution in [3.63, 3.8) is 0 Å². The lowest BCUT2D eigenvalue weighted by Crippen LogP contribution is -2.32. The van der Waals surface area contributed by atoms with Crippen molar-refractivity contribution < 1.29 is 23.1 Å². The number of hydrogen-bond donors (Lipinski definition) is 1. The van der Waals surface area contributed by atoms with Gasteiger partial charge >= 0.3 is 5.97 Å². The fourth-order valence-corrected chi connectivity index (χ4v) is 3.59. The van der Waals surface area contributed by atoms with E-state index < -0.39 is 29.4 Å². The lowest BCUT2D eigenvalue weighted by Gasteiger charge is -2.12. The number of para-hydroxylation sites is 1. The monoisotopic (exact) mass is 451 g/mol. The molecule has 2 heterocycles. The van der Waals surface area contributed by atoms with Crippen molar-refractivity contribution in [1.29, 1.82) is 0 Å². The highest BCUT2D eigenvalue weighted by Crippen LogP contribution is 2.27. The van der Waals surface area contributed by atoms with Gasteiger partial charge in [0.05, 0.1) is 11.4 Å². The highest BCUT2D eigenvalue weighted by Gasteiger charge is 2.26. The molecule has 4 rings (SSSR count). The van der Waals surface area contributed by atoms with Crippen LogP contribution < -0.4 is 10.9 Å². The zero-order chi connectivity index (χ0) is 23.9. The van der Waals surface area contributed by atoms with Crippen molar-refractivity contribution in [3.8, 4) is 5.69 Å². The molecule has 0 bridgehead atoms. The zero-order valence-electron chi connectivity index (χ0n) is 18.5. The predicted octanol–water partition coefficient (Wildman–Crippen LogP) is 3.86. The number of hydrogen-bond acceptors (Lipinski definition) is 5. The highest BCUT2D eigenvalue weighted by atomic mass is 19.1. The van der Waals surface area contributed by atoms with Gasteiger partial charge in [-0.3, -0.25) is 14.3 Å². The van der Waals surface area contributed by atoms with Gasteiger partial charge < -0.3 is 14.5 Å². The van der Waals surface area contributed by atoms with Crippen LogP contribution in [-0.2, 0) is 16.6 Å². The molecule has 0 radical (unpaired) electrons. The molecule has 0 saturated heterocycles.